The quantitative estimate of drug-likeness (QED) is 0.193. The topological polar surface area (TPSA) is 9.86 Å². The fourth-order valence-electron chi connectivity index (χ4n) is 7.64. The number of para-hydroxylation sites is 2. The van der Waals surface area contributed by atoms with Gasteiger partial charge in [-0.25, -0.2) is 0 Å². The van der Waals surface area contributed by atoms with Gasteiger partial charge in [0.25, 0.3) is 0 Å². The van der Waals surface area contributed by atoms with Crippen molar-refractivity contribution in [2.45, 2.75) is 12.5 Å². The summed E-state index contributed by atoms with van der Waals surface area (Å²) in [6.45, 7) is 0. The van der Waals surface area contributed by atoms with Crippen molar-refractivity contribution in [3.05, 3.63) is 152 Å². The van der Waals surface area contributed by atoms with E-state index in [1.54, 1.807) is 0 Å². The van der Waals surface area contributed by atoms with Crippen molar-refractivity contribution in [2.24, 2.45) is 0 Å². The van der Waals surface area contributed by atoms with Crippen LogP contribution in [0.25, 0.3) is 80.5 Å². The van der Waals surface area contributed by atoms with E-state index in [0.29, 0.717) is 6.04 Å². The molecule has 3 heteroatoms. The molecule has 0 fully saturated rings. The highest BCUT2D eigenvalue weighted by atomic mass is 32.1. The summed E-state index contributed by atoms with van der Waals surface area (Å²) >= 11 is 1.91. The van der Waals surface area contributed by atoms with Crippen LogP contribution < -0.4 is 0 Å². The number of benzene rings is 6. The second-order valence-electron chi connectivity index (χ2n) is 12.1. The number of hydrogen-bond acceptors (Lipinski definition) is 1. The van der Waals surface area contributed by atoms with Gasteiger partial charge in [0.15, 0.2) is 0 Å². The summed E-state index contributed by atoms with van der Waals surface area (Å²) in [6, 6.07) is 45.3. The van der Waals surface area contributed by atoms with E-state index in [9.17, 15) is 0 Å². The molecule has 0 spiro atoms. The fourth-order valence-corrected chi connectivity index (χ4v) is 8.89. The lowest BCUT2D eigenvalue weighted by molar-refractivity contribution is 0.648. The number of rotatable bonds is 3. The zero-order chi connectivity index (χ0) is 29.5. The third kappa shape index (κ3) is 3.62. The second-order valence-corrected chi connectivity index (χ2v) is 13.1. The number of aromatic nitrogens is 2. The highest BCUT2D eigenvalue weighted by molar-refractivity contribution is 7.26. The molecule has 6 aromatic carbocycles. The van der Waals surface area contributed by atoms with Crippen LogP contribution in [0.3, 0.4) is 0 Å². The molecule has 0 saturated heterocycles. The van der Waals surface area contributed by atoms with Gasteiger partial charge in [-0.15, -0.1) is 11.3 Å². The van der Waals surface area contributed by atoms with Crippen LogP contribution >= 0.6 is 11.3 Å². The molecule has 1 aliphatic rings. The van der Waals surface area contributed by atoms with Crippen LogP contribution in [0.15, 0.2) is 152 Å². The molecule has 45 heavy (non-hydrogen) atoms. The molecular formula is C42H28N2S. The van der Waals surface area contributed by atoms with Gasteiger partial charge in [0.1, 0.15) is 0 Å². The van der Waals surface area contributed by atoms with E-state index >= 15 is 0 Å². The Morgan fingerprint density at radius 1 is 0.622 bits per heavy atom. The first-order valence-electron chi connectivity index (χ1n) is 15.6. The number of hydrogen-bond donors (Lipinski definition) is 0. The fraction of sp³-hybridized carbons (Fsp3) is 0.0476. The van der Waals surface area contributed by atoms with E-state index in [-0.39, 0.29) is 0 Å². The maximum Gasteiger partial charge on any atom is 0.0621 e. The van der Waals surface area contributed by atoms with Crippen LogP contribution in [0.1, 0.15) is 12.5 Å². The van der Waals surface area contributed by atoms with Crippen LogP contribution in [-0.4, -0.2) is 9.13 Å². The Bertz CT molecular complexity index is 2680. The summed E-state index contributed by atoms with van der Waals surface area (Å²) < 4.78 is 7.58. The second kappa shape index (κ2) is 9.56. The molecule has 1 unspecified atom stereocenters. The normalized spacial score (nSPS) is 15.1. The zero-order valence-corrected chi connectivity index (χ0v) is 25.3. The lowest BCUT2D eigenvalue weighted by atomic mass is 9.93. The lowest BCUT2D eigenvalue weighted by Gasteiger charge is -2.18. The molecule has 9 aromatic rings. The summed E-state index contributed by atoms with van der Waals surface area (Å²) in [5.41, 5.74) is 7.57. The first-order chi connectivity index (χ1) is 22.3. The van der Waals surface area contributed by atoms with Gasteiger partial charge >= 0.3 is 0 Å². The Kier molecular flexibility index (Phi) is 5.31. The largest absolute Gasteiger partial charge is 0.333 e. The molecular weight excluding hydrogens is 565 g/mol. The maximum absolute atomic E-state index is 2.52. The van der Waals surface area contributed by atoms with Crippen LogP contribution in [0.5, 0.6) is 0 Å². The molecule has 1 atom stereocenters. The highest BCUT2D eigenvalue weighted by Crippen LogP contribution is 2.46. The molecule has 0 aliphatic heterocycles. The monoisotopic (exact) mass is 592 g/mol. The molecule has 212 valence electrons. The molecule has 1 aliphatic carbocycles. The molecule has 0 saturated carbocycles. The van der Waals surface area contributed by atoms with E-state index in [1.807, 2.05) is 11.3 Å². The van der Waals surface area contributed by atoms with Crippen molar-refractivity contribution in [3.8, 4) is 16.8 Å². The van der Waals surface area contributed by atoms with E-state index in [1.165, 1.54) is 80.5 Å². The molecule has 3 heterocycles. The molecule has 0 radical (unpaired) electrons. The number of allylic oxidation sites excluding steroid dienone is 4. The third-order valence-corrected chi connectivity index (χ3v) is 10.8. The maximum atomic E-state index is 2.52. The third-order valence-electron chi connectivity index (χ3n) is 9.64. The van der Waals surface area contributed by atoms with Gasteiger partial charge in [-0.3, -0.25) is 0 Å². The van der Waals surface area contributed by atoms with Crippen molar-refractivity contribution in [2.75, 3.05) is 0 Å². The van der Waals surface area contributed by atoms with Gasteiger partial charge in [0.05, 0.1) is 11.6 Å². The Morgan fingerprint density at radius 3 is 2.31 bits per heavy atom. The molecule has 3 aromatic heterocycles. The smallest absolute Gasteiger partial charge is 0.0621 e. The van der Waals surface area contributed by atoms with Gasteiger partial charge in [0.2, 0.25) is 0 Å². The average molecular weight is 593 g/mol. The van der Waals surface area contributed by atoms with E-state index < -0.39 is 0 Å². The minimum atomic E-state index is 0.319. The van der Waals surface area contributed by atoms with Gasteiger partial charge < -0.3 is 9.13 Å². The number of nitrogens with zero attached hydrogens (tertiary/aromatic N) is 2. The van der Waals surface area contributed by atoms with Crippen molar-refractivity contribution in [1.29, 1.82) is 0 Å². The Morgan fingerprint density at radius 2 is 1.42 bits per heavy atom. The minimum absolute atomic E-state index is 0.319. The predicted molar refractivity (Wildman–Crippen MR) is 194 cm³/mol. The lowest BCUT2D eigenvalue weighted by Crippen LogP contribution is -2.06. The predicted octanol–water partition coefficient (Wildman–Crippen LogP) is 12.0. The summed E-state index contributed by atoms with van der Waals surface area (Å²) in [5, 5.41) is 9.16. The van der Waals surface area contributed by atoms with Gasteiger partial charge in [-0.2, -0.15) is 0 Å². The Hall–Kier alpha value is -5.38. The summed E-state index contributed by atoms with van der Waals surface area (Å²) in [4.78, 5) is 0. The molecule has 0 amide bonds. The van der Waals surface area contributed by atoms with Crippen molar-refractivity contribution >= 4 is 75.0 Å². The van der Waals surface area contributed by atoms with Gasteiger partial charge in [0, 0.05) is 64.6 Å². The zero-order valence-electron chi connectivity index (χ0n) is 24.5. The molecule has 2 nitrogen and oxygen atoms in total. The molecule has 0 N–H and O–H groups in total. The van der Waals surface area contributed by atoms with Gasteiger partial charge in [-0.05, 0) is 71.5 Å². The van der Waals surface area contributed by atoms with Crippen LogP contribution in [0.2, 0.25) is 0 Å². The van der Waals surface area contributed by atoms with Crippen LogP contribution in [0, 0.1) is 0 Å². The van der Waals surface area contributed by atoms with E-state index in [0.717, 1.165) is 6.42 Å². The molecule has 0 bridgehead atoms. The molecule has 10 rings (SSSR count). The summed E-state index contributed by atoms with van der Waals surface area (Å²) in [7, 11) is 0. The van der Waals surface area contributed by atoms with Crippen LogP contribution in [0.4, 0.5) is 0 Å². The minimum Gasteiger partial charge on any atom is -0.333 e. The highest BCUT2D eigenvalue weighted by Gasteiger charge is 2.20. The van der Waals surface area contributed by atoms with E-state index in [4.69, 9.17) is 0 Å². The Balaban J connectivity index is 1.30. The van der Waals surface area contributed by atoms with Crippen molar-refractivity contribution in [1.82, 2.24) is 9.13 Å². The van der Waals surface area contributed by atoms with Crippen molar-refractivity contribution in [3.63, 3.8) is 0 Å². The first-order valence-corrected chi connectivity index (χ1v) is 16.4. The number of fused-ring (bicyclic) bond motifs is 10. The first kappa shape index (κ1) is 25.0. The standard InChI is InChI=1S/C42H28N2S/c1-3-11-29(12-4-1)43-24-23-28-26-35(33-20-21-34-32-16-8-10-18-39(32)45-42(34)40(33)41(28)43)27-19-22-38-36(25-27)31-15-7-9-17-37(31)44(38)30-13-5-2-6-14-30/h1-13,15-26,30H,14H2. The summed E-state index contributed by atoms with van der Waals surface area (Å²) in [5.74, 6) is 0. The van der Waals surface area contributed by atoms with Crippen molar-refractivity contribution < 1.29 is 0 Å². The van der Waals surface area contributed by atoms with Gasteiger partial charge in [-0.1, -0.05) is 97.1 Å². The number of thiophene rings is 1. The van der Waals surface area contributed by atoms with Crippen LogP contribution in [-0.2, 0) is 0 Å². The Labute approximate surface area is 264 Å². The van der Waals surface area contributed by atoms with E-state index in [2.05, 4.69) is 161 Å². The summed E-state index contributed by atoms with van der Waals surface area (Å²) in [6.07, 6.45) is 12.2. The SMILES string of the molecule is C1=CCC(n2c3ccccc3c3cc(-c4cc5ccn(-c6ccccc6)c5c5c4ccc4c6ccccc6sc45)ccc32)C=C1. The average Bonchev–Trinajstić information content (AvgIpc) is 3.80.